The van der Waals surface area contributed by atoms with Crippen molar-refractivity contribution < 1.29 is 4.79 Å². The van der Waals surface area contributed by atoms with Crippen LogP contribution in [0.25, 0.3) is 0 Å². The van der Waals surface area contributed by atoms with Crippen LogP contribution >= 0.6 is 12.4 Å². The Hall–Kier alpha value is -1.06. The highest BCUT2D eigenvalue weighted by atomic mass is 35.5. The molecule has 3 rings (SSSR count). The highest BCUT2D eigenvalue weighted by Crippen LogP contribution is 2.27. The molecule has 1 amide bonds. The highest BCUT2D eigenvalue weighted by molar-refractivity contribution is 5.92. The Morgan fingerprint density at radius 2 is 2.00 bits per heavy atom. The fourth-order valence-corrected chi connectivity index (χ4v) is 2.57. The molecular weight excluding hydrogens is 260 g/mol. The van der Waals surface area contributed by atoms with Gasteiger partial charge in [0.2, 0.25) is 5.91 Å². The number of benzene rings is 1. The number of rotatable bonds is 5. The van der Waals surface area contributed by atoms with Crippen LogP contribution in [0.15, 0.2) is 18.2 Å². The van der Waals surface area contributed by atoms with Crippen LogP contribution in [0.2, 0.25) is 0 Å². The van der Waals surface area contributed by atoms with Crippen molar-refractivity contribution in [2.24, 2.45) is 5.92 Å². The molecule has 19 heavy (non-hydrogen) atoms. The number of fused-ring (bicyclic) bond motifs is 1. The van der Waals surface area contributed by atoms with E-state index in [4.69, 9.17) is 0 Å². The second-order valence-corrected chi connectivity index (χ2v) is 5.46. The van der Waals surface area contributed by atoms with Gasteiger partial charge in [-0.1, -0.05) is 6.07 Å². The van der Waals surface area contributed by atoms with Crippen LogP contribution in [0.3, 0.4) is 0 Å². The lowest BCUT2D eigenvalue weighted by Gasteiger charge is -2.08. The summed E-state index contributed by atoms with van der Waals surface area (Å²) in [6, 6.07) is 6.29. The fourth-order valence-electron chi connectivity index (χ4n) is 2.57. The van der Waals surface area contributed by atoms with Crippen LogP contribution in [0.5, 0.6) is 0 Å². The largest absolute Gasteiger partial charge is 0.325 e. The van der Waals surface area contributed by atoms with E-state index in [2.05, 4.69) is 22.8 Å². The third-order valence-electron chi connectivity index (χ3n) is 3.80. The van der Waals surface area contributed by atoms with Crippen molar-refractivity contribution in [1.82, 2.24) is 5.32 Å². The summed E-state index contributed by atoms with van der Waals surface area (Å²) in [4.78, 5) is 11.7. The second-order valence-electron chi connectivity index (χ2n) is 5.46. The summed E-state index contributed by atoms with van der Waals surface area (Å²) in [5.74, 6) is 0.881. The lowest BCUT2D eigenvalue weighted by molar-refractivity contribution is -0.115. The molecular formula is C15H21ClN2O. The zero-order valence-corrected chi connectivity index (χ0v) is 11.9. The molecule has 104 valence electrons. The molecule has 4 heteroatoms. The van der Waals surface area contributed by atoms with Crippen LogP contribution in [0.4, 0.5) is 5.69 Å². The van der Waals surface area contributed by atoms with Gasteiger partial charge in [0.15, 0.2) is 0 Å². The van der Waals surface area contributed by atoms with E-state index in [-0.39, 0.29) is 18.3 Å². The molecule has 2 N–H and O–H groups in total. The van der Waals surface area contributed by atoms with E-state index in [1.807, 2.05) is 6.07 Å². The maximum atomic E-state index is 11.7. The normalized spacial score (nSPS) is 16.6. The third-order valence-corrected chi connectivity index (χ3v) is 3.80. The van der Waals surface area contributed by atoms with Crippen molar-refractivity contribution in [2.75, 3.05) is 18.4 Å². The molecule has 2 aliphatic rings. The Balaban J connectivity index is 0.00000133. The quantitative estimate of drug-likeness (QED) is 0.870. The Morgan fingerprint density at radius 1 is 1.21 bits per heavy atom. The van der Waals surface area contributed by atoms with Gasteiger partial charge in [0.05, 0.1) is 6.54 Å². The minimum atomic E-state index is 0. The zero-order chi connectivity index (χ0) is 12.4. The van der Waals surface area contributed by atoms with Crippen LogP contribution in [0, 0.1) is 5.92 Å². The molecule has 0 spiro atoms. The summed E-state index contributed by atoms with van der Waals surface area (Å²) in [5, 5.41) is 6.17. The highest BCUT2D eigenvalue weighted by Gasteiger charge is 2.20. The molecule has 2 aliphatic carbocycles. The summed E-state index contributed by atoms with van der Waals surface area (Å²) < 4.78 is 0. The van der Waals surface area contributed by atoms with Crippen molar-refractivity contribution in [3.8, 4) is 0 Å². The molecule has 0 saturated heterocycles. The predicted molar refractivity (Wildman–Crippen MR) is 79.9 cm³/mol. The fraction of sp³-hybridized carbons (Fsp3) is 0.533. The van der Waals surface area contributed by atoms with Gasteiger partial charge in [0.1, 0.15) is 0 Å². The first kappa shape index (κ1) is 14.4. The number of anilines is 1. The molecule has 0 aliphatic heterocycles. The first-order chi connectivity index (χ1) is 8.81. The molecule has 0 radical (unpaired) electrons. The Kier molecular flexibility index (Phi) is 4.83. The maximum Gasteiger partial charge on any atom is 0.238 e. The van der Waals surface area contributed by atoms with Gasteiger partial charge in [0.25, 0.3) is 0 Å². The summed E-state index contributed by atoms with van der Waals surface area (Å²) in [6.07, 6.45) is 6.22. The van der Waals surface area contributed by atoms with Gasteiger partial charge in [0, 0.05) is 5.69 Å². The summed E-state index contributed by atoms with van der Waals surface area (Å²) in [7, 11) is 0. The van der Waals surface area contributed by atoms with Crippen LogP contribution < -0.4 is 10.6 Å². The lowest BCUT2D eigenvalue weighted by Crippen LogP contribution is -2.29. The van der Waals surface area contributed by atoms with Crippen molar-refractivity contribution in [2.45, 2.75) is 32.1 Å². The molecule has 1 aromatic carbocycles. The van der Waals surface area contributed by atoms with E-state index in [0.29, 0.717) is 6.54 Å². The van der Waals surface area contributed by atoms with Gasteiger partial charge in [-0.3, -0.25) is 4.79 Å². The Labute approximate surface area is 120 Å². The lowest BCUT2D eigenvalue weighted by atomic mass is 10.1. The topological polar surface area (TPSA) is 41.1 Å². The number of halogens is 1. The monoisotopic (exact) mass is 280 g/mol. The number of nitrogens with one attached hydrogen (secondary N) is 2. The van der Waals surface area contributed by atoms with E-state index in [1.54, 1.807) is 0 Å². The number of hydrogen-bond donors (Lipinski definition) is 2. The molecule has 0 bridgehead atoms. The van der Waals surface area contributed by atoms with Crippen LogP contribution in [-0.2, 0) is 17.6 Å². The van der Waals surface area contributed by atoms with Crippen molar-refractivity contribution >= 4 is 24.0 Å². The van der Waals surface area contributed by atoms with E-state index >= 15 is 0 Å². The van der Waals surface area contributed by atoms with Gasteiger partial charge >= 0.3 is 0 Å². The standard InChI is InChI=1S/C15H20N2O.ClH/c18-15(10-16-9-11-4-5-11)17-14-7-6-12-2-1-3-13(12)8-14;/h6-8,11,16H,1-5,9-10H2,(H,17,18);1H. The number of hydrogen-bond acceptors (Lipinski definition) is 2. The third kappa shape index (κ3) is 3.95. The van der Waals surface area contributed by atoms with Crippen molar-refractivity contribution in [3.63, 3.8) is 0 Å². The Bertz CT molecular complexity index is 457. The summed E-state index contributed by atoms with van der Waals surface area (Å²) in [5.41, 5.74) is 3.78. The molecule has 3 nitrogen and oxygen atoms in total. The van der Waals surface area contributed by atoms with Gasteiger partial charge in [-0.2, -0.15) is 0 Å². The van der Waals surface area contributed by atoms with Gasteiger partial charge < -0.3 is 10.6 Å². The van der Waals surface area contributed by atoms with E-state index < -0.39 is 0 Å². The van der Waals surface area contributed by atoms with E-state index in [0.717, 1.165) is 24.6 Å². The number of carbonyl (C=O) groups is 1. The van der Waals surface area contributed by atoms with Crippen molar-refractivity contribution in [1.29, 1.82) is 0 Å². The SMILES string of the molecule is Cl.O=C(CNCC1CC1)Nc1ccc2c(c1)CCC2. The second kappa shape index (κ2) is 6.40. The molecule has 1 saturated carbocycles. The molecule has 0 aromatic heterocycles. The maximum absolute atomic E-state index is 11.7. The first-order valence-electron chi connectivity index (χ1n) is 6.93. The molecule has 0 heterocycles. The van der Waals surface area contributed by atoms with Gasteiger partial charge in [-0.15, -0.1) is 12.4 Å². The number of carbonyl (C=O) groups excluding carboxylic acids is 1. The Morgan fingerprint density at radius 3 is 2.79 bits per heavy atom. The zero-order valence-electron chi connectivity index (χ0n) is 11.1. The van der Waals surface area contributed by atoms with Gasteiger partial charge in [-0.25, -0.2) is 0 Å². The van der Waals surface area contributed by atoms with Crippen LogP contribution in [-0.4, -0.2) is 19.0 Å². The number of amides is 1. The summed E-state index contributed by atoms with van der Waals surface area (Å²) in [6.45, 7) is 1.41. The minimum Gasteiger partial charge on any atom is -0.325 e. The molecule has 0 unspecified atom stereocenters. The molecule has 0 atom stereocenters. The predicted octanol–water partition coefficient (Wildman–Crippen LogP) is 2.54. The average Bonchev–Trinajstić information content (AvgIpc) is 3.06. The molecule has 1 aromatic rings. The minimum absolute atomic E-state index is 0. The smallest absolute Gasteiger partial charge is 0.238 e. The summed E-state index contributed by atoms with van der Waals surface area (Å²) >= 11 is 0. The van der Waals surface area contributed by atoms with E-state index in [1.165, 1.54) is 36.8 Å². The van der Waals surface area contributed by atoms with Crippen LogP contribution in [0.1, 0.15) is 30.4 Å². The van der Waals surface area contributed by atoms with Gasteiger partial charge in [-0.05, 0) is 67.8 Å². The first-order valence-corrected chi connectivity index (χ1v) is 6.93. The number of aryl methyl sites for hydroxylation is 2. The van der Waals surface area contributed by atoms with Crippen molar-refractivity contribution in [3.05, 3.63) is 29.3 Å². The van der Waals surface area contributed by atoms with E-state index in [9.17, 15) is 4.79 Å². The average molecular weight is 281 g/mol. The molecule has 1 fully saturated rings.